The second kappa shape index (κ2) is 31.1. The van der Waals surface area contributed by atoms with Crippen molar-refractivity contribution >= 4 is 58.5 Å². The van der Waals surface area contributed by atoms with Crippen molar-refractivity contribution in [3.63, 3.8) is 0 Å². The third kappa shape index (κ3) is 15.6. The zero-order valence-corrected chi connectivity index (χ0v) is 61.7. The predicted octanol–water partition coefficient (Wildman–Crippen LogP) is 9.34. The van der Waals surface area contributed by atoms with E-state index in [4.69, 9.17) is 45.2 Å². The molecular formula is C80H99F2N19O6. The van der Waals surface area contributed by atoms with Crippen LogP contribution in [0.5, 0.6) is 23.0 Å². The van der Waals surface area contributed by atoms with Crippen molar-refractivity contribution in [3.8, 4) is 34.3 Å². The summed E-state index contributed by atoms with van der Waals surface area (Å²) in [5.41, 5.74) is 12.6. The average Bonchev–Trinajstić information content (AvgIpc) is 1.55. The monoisotopic (exact) mass is 1460 g/mol. The molecule has 564 valence electrons. The van der Waals surface area contributed by atoms with Crippen LogP contribution in [0.1, 0.15) is 90.7 Å². The number of aliphatic imine (C=N–C) groups is 2. The number of carbonyl (C=O) groups excluding carboxylic acids is 2. The van der Waals surface area contributed by atoms with Crippen LogP contribution in [-0.4, -0.2) is 243 Å². The van der Waals surface area contributed by atoms with E-state index in [9.17, 15) is 10.2 Å². The number of ether oxygens (including phenoxy) is 4. The normalized spacial score (nSPS) is 23.0. The average molecular weight is 1460 g/mol. The van der Waals surface area contributed by atoms with Gasteiger partial charge in [0.1, 0.15) is 64.6 Å². The number of unbranched alkanes of at least 4 members (excludes halogenated alkanes) is 1. The van der Waals surface area contributed by atoms with Crippen LogP contribution in [0.2, 0.25) is 0 Å². The third-order valence-corrected chi connectivity index (χ3v) is 23.5. The molecule has 0 bridgehead atoms. The maximum absolute atomic E-state index is 17.4. The number of aromatic nitrogens is 4. The van der Waals surface area contributed by atoms with E-state index in [0.29, 0.717) is 121 Å². The fourth-order valence-electron chi connectivity index (χ4n) is 16.8. The number of amides is 2. The minimum Gasteiger partial charge on any atom is -0.457 e. The van der Waals surface area contributed by atoms with E-state index in [-0.39, 0.29) is 70.2 Å². The molecule has 2 aromatic heterocycles. The van der Waals surface area contributed by atoms with E-state index >= 15 is 13.6 Å². The van der Waals surface area contributed by atoms with Crippen molar-refractivity contribution in [2.24, 2.45) is 27.1 Å². The molecule has 15 rings (SSSR count). The Morgan fingerprint density at radius 2 is 1.42 bits per heavy atom. The summed E-state index contributed by atoms with van der Waals surface area (Å²) in [6.45, 7) is 26.3. The molecule has 1 spiro atoms. The predicted molar refractivity (Wildman–Crippen MR) is 409 cm³/mol. The Bertz CT molecular complexity index is 4430. The molecule has 7 N–H and O–H groups in total. The SMILES string of the molecule is C=C1C(C(N)=NC=N)=C(c2ccc(Oc3ccccc3)cc2F)NN1C1CC12CCCN(C(=O)C(C=N)C(CNC(C)(C)N1CCN(C3COC3)CC1)Nc1ncnc3c1c(-c1ccc(Oc4ccccc4)cc1F)nn3[C@@H]1CCCN(C(=O)/C(=C/CCCC(C)(C)N3CCN(C4COC4)CC3)C3=NC3)C1)C2. The number of fused-ring (bicyclic) bond motifs is 1. The highest BCUT2D eigenvalue weighted by atomic mass is 19.1. The topological polar surface area (TPSA) is 272 Å². The molecule has 7 fully saturated rings. The van der Waals surface area contributed by atoms with Gasteiger partial charge in [-0.1, -0.05) is 49.1 Å². The Hall–Kier alpha value is -9.35. The van der Waals surface area contributed by atoms with Crippen LogP contribution in [0.3, 0.4) is 0 Å². The van der Waals surface area contributed by atoms with Crippen LogP contribution < -0.4 is 31.3 Å². The largest absolute Gasteiger partial charge is 0.457 e. The summed E-state index contributed by atoms with van der Waals surface area (Å²) in [6, 6.07) is 27.1. The molecule has 8 aliphatic heterocycles. The zero-order chi connectivity index (χ0) is 74.1. The van der Waals surface area contributed by atoms with E-state index in [1.165, 1.54) is 24.7 Å². The van der Waals surface area contributed by atoms with Crippen molar-refractivity contribution in [1.82, 2.24) is 64.9 Å². The number of amidine groups is 1. The van der Waals surface area contributed by atoms with Gasteiger partial charge in [-0.15, -0.1) is 0 Å². The lowest BCUT2D eigenvalue weighted by Gasteiger charge is -2.48. The molecule has 25 nitrogen and oxygen atoms in total. The number of benzene rings is 4. The van der Waals surface area contributed by atoms with Crippen molar-refractivity contribution in [1.29, 1.82) is 10.8 Å². The van der Waals surface area contributed by atoms with Gasteiger partial charge in [-0.3, -0.25) is 55.3 Å². The van der Waals surface area contributed by atoms with Crippen LogP contribution in [0.25, 0.3) is 28.0 Å². The second-order valence-electron chi connectivity index (χ2n) is 31.0. The van der Waals surface area contributed by atoms with Crippen LogP contribution in [0.4, 0.5) is 14.6 Å². The summed E-state index contributed by atoms with van der Waals surface area (Å²) >= 11 is 0. The number of hydrogen-bond donors (Lipinski definition) is 6. The highest BCUT2D eigenvalue weighted by Gasteiger charge is 2.61. The van der Waals surface area contributed by atoms with Gasteiger partial charge in [-0.2, -0.15) is 5.10 Å². The number of likely N-dealkylation sites (tertiary alicyclic amines) is 2. The molecule has 2 amide bonds. The smallest absolute Gasteiger partial charge is 0.255 e. The van der Waals surface area contributed by atoms with Crippen LogP contribution >= 0.6 is 0 Å². The number of hydrazine groups is 1. The molecule has 1 aliphatic carbocycles. The Kier molecular flexibility index (Phi) is 21.3. The summed E-state index contributed by atoms with van der Waals surface area (Å²) in [4.78, 5) is 63.3. The Balaban J connectivity index is 0.710. The van der Waals surface area contributed by atoms with E-state index < -0.39 is 34.7 Å². The van der Waals surface area contributed by atoms with Gasteiger partial charge in [0.2, 0.25) is 5.91 Å². The summed E-state index contributed by atoms with van der Waals surface area (Å²) < 4.78 is 58.8. The van der Waals surface area contributed by atoms with Crippen molar-refractivity contribution in [2.45, 2.75) is 120 Å². The highest BCUT2D eigenvalue weighted by molar-refractivity contribution is 6.27. The number of hydrogen-bond acceptors (Lipinski definition) is 20. The van der Waals surface area contributed by atoms with E-state index in [1.54, 1.807) is 48.5 Å². The number of para-hydroxylation sites is 2. The van der Waals surface area contributed by atoms with Gasteiger partial charge in [0, 0.05) is 126 Å². The fourth-order valence-corrected chi connectivity index (χ4v) is 16.8. The minimum absolute atomic E-state index is 0.00641. The standard InChI is InChI=1S/C80H99F2N19O6/c1-52-69(73(85)87-50-84)71(60-24-22-58(38-64(60)81)106-56-17-8-6-9-18-56)92-100(52)68-40-80(68)27-15-29-97(49-80)77(103)63(41-83)67(43-90-79(4,5)99-36-32-95(33-37-99)55-47-105-48-55)91-74-70-72(61-25-23-59(39-65(61)82)107-57-19-10-7-11-20-57)93-101(75(70)89-51-88-74)53-16-14-28-96(44-53)76(102)62(66-42-86-66)21-12-13-26-78(2,3)98-34-30-94(31-35-98)54-45-104-46-54/h6-11,17-25,38-39,41,50-51,53-55,63,67-68,83,90,92H,1,12-16,26-37,40,42-49H2,2-5H3,(H3,84,85,87)(H,88,89,91)/b62-21+,83-41?/t53-,63?,67?,68?,80?/m1/s1. The number of nitrogens with zero attached hydrogens (tertiary/aromatic N) is 13. The number of halogens is 2. The summed E-state index contributed by atoms with van der Waals surface area (Å²) in [5.74, 6) is -0.631. The number of allylic oxidation sites excluding steroid dienone is 1. The number of piperazine rings is 2. The summed E-state index contributed by atoms with van der Waals surface area (Å²) in [5, 5.41) is 32.4. The van der Waals surface area contributed by atoms with Gasteiger partial charge >= 0.3 is 0 Å². The summed E-state index contributed by atoms with van der Waals surface area (Å²) in [6.07, 6.45) is 11.7. The molecule has 1 saturated carbocycles. The number of anilines is 1. The number of carbonyl (C=O) groups is 2. The molecule has 5 atom stereocenters. The van der Waals surface area contributed by atoms with Gasteiger partial charge in [-0.05, 0) is 128 Å². The quantitative estimate of drug-likeness (QED) is 0.0116. The lowest BCUT2D eigenvalue weighted by molar-refractivity contribution is -0.136. The first-order valence-electron chi connectivity index (χ1n) is 37.9. The molecule has 6 aromatic rings. The molecule has 27 heteroatoms. The van der Waals surface area contributed by atoms with Gasteiger partial charge in [0.25, 0.3) is 5.91 Å². The Labute approximate surface area is 623 Å². The van der Waals surface area contributed by atoms with Crippen LogP contribution in [0.15, 0.2) is 143 Å². The number of nitrogens with one attached hydrogen (secondary N) is 5. The first-order valence-corrected chi connectivity index (χ1v) is 37.9. The van der Waals surface area contributed by atoms with Gasteiger partial charge in [0.15, 0.2) is 5.65 Å². The second-order valence-corrected chi connectivity index (χ2v) is 31.0. The maximum atomic E-state index is 17.4. The van der Waals surface area contributed by atoms with Crippen molar-refractivity contribution in [2.75, 3.05) is 123 Å². The molecule has 10 heterocycles. The Morgan fingerprint density at radius 1 is 0.794 bits per heavy atom. The molecule has 6 saturated heterocycles. The molecule has 107 heavy (non-hydrogen) atoms. The molecular weight excluding hydrogens is 1360 g/mol. The molecule has 4 unspecified atom stereocenters. The van der Waals surface area contributed by atoms with Gasteiger partial charge in [-0.25, -0.2) is 28.4 Å². The fraction of sp³-hybridized carbons (Fsp3) is 0.487. The Morgan fingerprint density at radius 3 is 2.02 bits per heavy atom. The van der Waals surface area contributed by atoms with Crippen LogP contribution in [0, 0.1) is 33.8 Å². The molecule has 4 aromatic carbocycles. The number of rotatable bonds is 28. The van der Waals surface area contributed by atoms with E-state index in [0.717, 1.165) is 117 Å². The third-order valence-electron chi connectivity index (χ3n) is 23.5. The lowest BCUT2D eigenvalue weighted by atomic mass is 9.91. The van der Waals surface area contributed by atoms with Crippen molar-refractivity contribution < 1.29 is 37.3 Å². The first kappa shape index (κ1) is 73.2. The van der Waals surface area contributed by atoms with Gasteiger partial charge < -0.3 is 45.2 Å². The maximum Gasteiger partial charge on any atom is 0.255 e. The van der Waals surface area contributed by atoms with Crippen LogP contribution in [-0.2, 0) is 19.1 Å². The van der Waals surface area contributed by atoms with Crippen molar-refractivity contribution in [3.05, 3.63) is 150 Å². The van der Waals surface area contributed by atoms with E-state index in [2.05, 4.69) is 86.0 Å². The number of nitrogens with two attached hydrogens (primary N) is 1. The highest BCUT2D eigenvalue weighted by Crippen LogP contribution is 2.57. The summed E-state index contributed by atoms with van der Waals surface area (Å²) in [7, 11) is 0. The molecule has 0 radical (unpaired) electrons. The minimum atomic E-state index is -1.07. The number of piperidine rings is 2. The van der Waals surface area contributed by atoms with E-state index in [1.807, 2.05) is 55.9 Å². The lowest BCUT2D eigenvalue weighted by Crippen LogP contribution is -2.64. The molecule has 9 aliphatic rings. The first-order chi connectivity index (χ1) is 51.8. The zero-order valence-electron chi connectivity index (χ0n) is 61.7. The van der Waals surface area contributed by atoms with Gasteiger partial charge in [0.05, 0.1) is 108 Å².